The first kappa shape index (κ1) is 14.0. The molecule has 0 atom stereocenters. The minimum atomic E-state index is 0.827. The number of hydrogen-bond acceptors (Lipinski definition) is 2. The van der Waals surface area contributed by atoms with Crippen LogP contribution in [0.2, 0.25) is 0 Å². The number of benzene rings is 1. The summed E-state index contributed by atoms with van der Waals surface area (Å²) in [6.07, 6.45) is 3.59. The number of nitrogens with one attached hydrogen (secondary N) is 1. The average Bonchev–Trinajstić information content (AvgIpc) is 2.29. The Labute approximate surface area is 105 Å². The molecule has 96 valence electrons. The summed E-state index contributed by atoms with van der Waals surface area (Å²) in [7, 11) is 2.00. The van der Waals surface area contributed by atoms with E-state index in [2.05, 4.69) is 38.2 Å². The van der Waals surface area contributed by atoms with Gasteiger partial charge in [-0.25, -0.2) is 0 Å². The highest BCUT2D eigenvalue weighted by Crippen LogP contribution is 2.23. The van der Waals surface area contributed by atoms with E-state index in [1.807, 2.05) is 7.05 Å². The van der Waals surface area contributed by atoms with Gasteiger partial charge in [-0.2, -0.15) is 0 Å². The van der Waals surface area contributed by atoms with Crippen LogP contribution in [-0.2, 0) is 0 Å². The number of ether oxygens (including phenoxy) is 1. The van der Waals surface area contributed by atoms with Crippen molar-refractivity contribution in [3.63, 3.8) is 0 Å². The maximum absolute atomic E-state index is 5.86. The second-order valence-electron chi connectivity index (χ2n) is 4.72. The quantitative estimate of drug-likeness (QED) is 0.732. The SMILES string of the molecule is CNCCCCCOc1cc(C)cc(C)c1C. The van der Waals surface area contributed by atoms with Crippen molar-refractivity contribution in [3.05, 3.63) is 28.8 Å². The molecule has 0 heterocycles. The van der Waals surface area contributed by atoms with Crippen LogP contribution in [0.1, 0.15) is 36.0 Å². The van der Waals surface area contributed by atoms with Crippen LogP contribution in [0.4, 0.5) is 0 Å². The van der Waals surface area contributed by atoms with Crippen molar-refractivity contribution in [1.82, 2.24) is 5.32 Å². The molecule has 17 heavy (non-hydrogen) atoms. The van der Waals surface area contributed by atoms with Crippen LogP contribution in [0.5, 0.6) is 5.75 Å². The zero-order valence-electron chi connectivity index (χ0n) is 11.6. The topological polar surface area (TPSA) is 21.3 Å². The summed E-state index contributed by atoms with van der Waals surface area (Å²) in [6, 6.07) is 4.34. The van der Waals surface area contributed by atoms with Crippen LogP contribution in [-0.4, -0.2) is 20.2 Å². The van der Waals surface area contributed by atoms with Gasteiger partial charge in [0, 0.05) is 0 Å². The van der Waals surface area contributed by atoms with Gasteiger partial charge in [-0.3, -0.25) is 0 Å². The average molecular weight is 235 g/mol. The summed E-state index contributed by atoms with van der Waals surface area (Å²) in [5.41, 5.74) is 3.86. The number of aryl methyl sites for hydroxylation is 2. The van der Waals surface area contributed by atoms with E-state index in [0.717, 1.165) is 25.3 Å². The standard InChI is InChI=1S/C15H25NO/c1-12-10-13(2)14(3)15(11-12)17-9-7-5-6-8-16-4/h10-11,16H,5-9H2,1-4H3. The Morgan fingerprint density at radius 1 is 1.06 bits per heavy atom. The first-order valence-electron chi connectivity index (χ1n) is 6.50. The largest absolute Gasteiger partial charge is 0.493 e. The van der Waals surface area contributed by atoms with E-state index in [0.29, 0.717) is 0 Å². The molecule has 0 saturated heterocycles. The van der Waals surface area contributed by atoms with E-state index in [1.54, 1.807) is 0 Å². The lowest BCUT2D eigenvalue weighted by Crippen LogP contribution is -2.08. The van der Waals surface area contributed by atoms with E-state index in [9.17, 15) is 0 Å². The van der Waals surface area contributed by atoms with Crippen molar-refractivity contribution < 1.29 is 4.74 Å². The molecule has 2 heteroatoms. The lowest BCUT2D eigenvalue weighted by atomic mass is 10.1. The van der Waals surface area contributed by atoms with E-state index in [4.69, 9.17) is 4.74 Å². The first-order valence-corrected chi connectivity index (χ1v) is 6.50. The molecule has 0 spiro atoms. The molecule has 0 amide bonds. The van der Waals surface area contributed by atoms with Crippen LogP contribution < -0.4 is 10.1 Å². The second kappa shape index (κ2) is 7.33. The molecule has 0 saturated carbocycles. The van der Waals surface area contributed by atoms with Gasteiger partial charge in [0.25, 0.3) is 0 Å². The molecule has 0 radical (unpaired) electrons. The summed E-state index contributed by atoms with van der Waals surface area (Å²) >= 11 is 0. The number of unbranched alkanes of at least 4 members (excludes halogenated alkanes) is 2. The summed E-state index contributed by atoms with van der Waals surface area (Å²) in [5, 5.41) is 3.16. The minimum absolute atomic E-state index is 0.827. The van der Waals surface area contributed by atoms with E-state index in [-0.39, 0.29) is 0 Å². The smallest absolute Gasteiger partial charge is 0.122 e. The van der Waals surface area contributed by atoms with E-state index in [1.165, 1.54) is 29.5 Å². The Hall–Kier alpha value is -1.02. The predicted octanol–water partition coefficient (Wildman–Crippen LogP) is 3.38. The molecule has 1 aromatic carbocycles. The molecule has 1 N–H and O–H groups in total. The zero-order valence-corrected chi connectivity index (χ0v) is 11.6. The predicted molar refractivity (Wildman–Crippen MR) is 73.9 cm³/mol. The first-order chi connectivity index (χ1) is 8.15. The lowest BCUT2D eigenvalue weighted by Gasteiger charge is -2.12. The van der Waals surface area contributed by atoms with Gasteiger partial charge < -0.3 is 10.1 Å². The lowest BCUT2D eigenvalue weighted by molar-refractivity contribution is 0.303. The van der Waals surface area contributed by atoms with Crippen molar-refractivity contribution in [2.45, 2.75) is 40.0 Å². The van der Waals surface area contributed by atoms with E-state index >= 15 is 0 Å². The Morgan fingerprint density at radius 2 is 1.82 bits per heavy atom. The third-order valence-corrected chi connectivity index (χ3v) is 3.09. The summed E-state index contributed by atoms with van der Waals surface area (Å²) < 4.78 is 5.86. The summed E-state index contributed by atoms with van der Waals surface area (Å²) in [6.45, 7) is 8.31. The van der Waals surface area contributed by atoms with Crippen molar-refractivity contribution in [2.75, 3.05) is 20.2 Å². The van der Waals surface area contributed by atoms with Crippen molar-refractivity contribution >= 4 is 0 Å². The fourth-order valence-electron chi connectivity index (χ4n) is 1.91. The Bertz CT molecular complexity index is 347. The van der Waals surface area contributed by atoms with Gasteiger partial charge in [-0.05, 0) is 76.4 Å². The molecule has 1 aromatic rings. The third-order valence-electron chi connectivity index (χ3n) is 3.09. The highest BCUT2D eigenvalue weighted by molar-refractivity contribution is 5.41. The Balaban J connectivity index is 2.36. The van der Waals surface area contributed by atoms with Crippen molar-refractivity contribution in [3.8, 4) is 5.75 Å². The van der Waals surface area contributed by atoms with Gasteiger partial charge in [0.15, 0.2) is 0 Å². The molecule has 1 rings (SSSR count). The maximum atomic E-state index is 5.86. The Morgan fingerprint density at radius 3 is 2.53 bits per heavy atom. The third kappa shape index (κ3) is 4.78. The molecule has 0 bridgehead atoms. The monoisotopic (exact) mass is 235 g/mol. The van der Waals surface area contributed by atoms with Crippen molar-refractivity contribution in [1.29, 1.82) is 0 Å². The molecule has 0 fully saturated rings. The van der Waals surface area contributed by atoms with Crippen LogP contribution in [0.25, 0.3) is 0 Å². The minimum Gasteiger partial charge on any atom is -0.493 e. The van der Waals surface area contributed by atoms with Gasteiger partial charge >= 0.3 is 0 Å². The molecule has 0 unspecified atom stereocenters. The van der Waals surface area contributed by atoms with Gasteiger partial charge in [0.1, 0.15) is 5.75 Å². The zero-order chi connectivity index (χ0) is 12.7. The van der Waals surface area contributed by atoms with Crippen LogP contribution in [0.15, 0.2) is 12.1 Å². The van der Waals surface area contributed by atoms with Crippen molar-refractivity contribution in [2.24, 2.45) is 0 Å². The highest BCUT2D eigenvalue weighted by Gasteiger charge is 2.03. The van der Waals surface area contributed by atoms with Gasteiger partial charge in [0.05, 0.1) is 6.61 Å². The number of hydrogen-bond donors (Lipinski definition) is 1. The fraction of sp³-hybridized carbons (Fsp3) is 0.600. The molecule has 0 aromatic heterocycles. The second-order valence-corrected chi connectivity index (χ2v) is 4.72. The van der Waals surface area contributed by atoms with Gasteiger partial charge in [-0.15, -0.1) is 0 Å². The highest BCUT2D eigenvalue weighted by atomic mass is 16.5. The van der Waals surface area contributed by atoms with Crippen LogP contribution in [0.3, 0.4) is 0 Å². The molecule has 0 aliphatic rings. The van der Waals surface area contributed by atoms with Gasteiger partial charge in [0.2, 0.25) is 0 Å². The molecule has 2 nitrogen and oxygen atoms in total. The summed E-state index contributed by atoms with van der Waals surface area (Å²) in [5.74, 6) is 1.05. The molecule has 0 aliphatic carbocycles. The Kier molecular flexibility index (Phi) is 6.06. The molecular formula is C15H25NO. The van der Waals surface area contributed by atoms with Crippen LogP contribution in [0, 0.1) is 20.8 Å². The van der Waals surface area contributed by atoms with E-state index < -0.39 is 0 Å². The maximum Gasteiger partial charge on any atom is 0.122 e. The van der Waals surface area contributed by atoms with Gasteiger partial charge in [-0.1, -0.05) is 6.07 Å². The fourth-order valence-corrected chi connectivity index (χ4v) is 1.91. The normalized spacial score (nSPS) is 10.6. The molecular weight excluding hydrogens is 210 g/mol. The molecule has 0 aliphatic heterocycles. The number of rotatable bonds is 7. The summed E-state index contributed by atoms with van der Waals surface area (Å²) in [4.78, 5) is 0. The van der Waals surface area contributed by atoms with Crippen LogP contribution >= 0.6 is 0 Å².